The van der Waals surface area contributed by atoms with Crippen LogP contribution in [0.15, 0.2) is 12.4 Å². The van der Waals surface area contributed by atoms with Gasteiger partial charge in [-0.25, -0.2) is 19.0 Å². The summed E-state index contributed by atoms with van der Waals surface area (Å²) < 4.78 is 23.0. The predicted octanol–water partition coefficient (Wildman–Crippen LogP) is 3.67. The summed E-state index contributed by atoms with van der Waals surface area (Å²) in [5.74, 6) is -0.144. The van der Waals surface area contributed by atoms with Crippen molar-refractivity contribution in [2.24, 2.45) is 0 Å². The molecule has 1 amide bonds. The molecular formula is C21H22ClFN6O2S. The molecular weight excluding hydrogens is 455 g/mol. The Balaban J connectivity index is 1.63. The number of aromatic nitrogens is 4. The first-order valence-corrected chi connectivity index (χ1v) is 11.6. The number of hydrogen-bond donors (Lipinski definition) is 2. The molecule has 2 aromatic heterocycles. The molecule has 1 aromatic carbocycles. The van der Waals surface area contributed by atoms with Crippen molar-refractivity contribution in [1.82, 2.24) is 25.1 Å². The zero-order valence-corrected chi connectivity index (χ0v) is 19.4. The summed E-state index contributed by atoms with van der Waals surface area (Å²) in [5.41, 5.74) is 8.58. The number of amides is 1. The molecule has 0 radical (unpaired) electrons. The minimum Gasteiger partial charge on any atom is -0.493 e. The number of benzene rings is 1. The molecule has 0 bridgehead atoms. The van der Waals surface area contributed by atoms with Crippen LogP contribution in [-0.2, 0) is 9.67 Å². The van der Waals surface area contributed by atoms with E-state index in [1.807, 2.05) is 25.5 Å². The monoisotopic (exact) mass is 476 g/mol. The summed E-state index contributed by atoms with van der Waals surface area (Å²) in [6.45, 7) is 6.47. The van der Waals surface area contributed by atoms with Crippen molar-refractivity contribution in [3.8, 4) is 5.75 Å². The Kier molecular flexibility index (Phi) is 4.97. The third-order valence-electron chi connectivity index (χ3n) is 6.07. The second-order valence-corrected chi connectivity index (χ2v) is 10.1. The fraction of sp³-hybridized carbons (Fsp3) is 0.429. The van der Waals surface area contributed by atoms with E-state index < -0.39 is 10.7 Å². The number of halogens is 2. The number of nitrogens with zero attached hydrogens (tertiary/aromatic N) is 4. The molecule has 2 aliphatic rings. The van der Waals surface area contributed by atoms with Crippen LogP contribution in [0.5, 0.6) is 5.75 Å². The number of thioether (sulfide) groups is 1. The largest absolute Gasteiger partial charge is 0.493 e. The second-order valence-electron chi connectivity index (χ2n) is 8.15. The average Bonchev–Trinajstić information content (AvgIpc) is 3.05. The molecule has 3 N–H and O–H groups in total. The molecule has 8 nitrogen and oxygen atoms in total. The Labute approximate surface area is 193 Å². The van der Waals surface area contributed by atoms with Crippen LogP contribution in [-0.4, -0.2) is 38.8 Å². The van der Waals surface area contributed by atoms with Crippen LogP contribution >= 0.6 is 23.4 Å². The highest BCUT2D eigenvalue weighted by Crippen LogP contribution is 2.70. The minimum absolute atomic E-state index is 0.0146. The molecule has 1 unspecified atom stereocenters. The van der Waals surface area contributed by atoms with Gasteiger partial charge in [0.25, 0.3) is 0 Å². The van der Waals surface area contributed by atoms with Crippen molar-refractivity contribution in [1.29, 1.82) is 0 Å². The summed E-state index contributed by atoms with van der Waals surface area (Å²) in [7, 11) is 0. The molecule has 0 aliphatic carbocycles. The third-order valence-corrected chi connectivity index (χ3v) is 7.92. The van der Waals surface area contributed by atoms with Gasteiger partial charge in [-0.2, -0.15) is 5.10 Å². The first-order chi connectivity index (χ1) is 15.3. The van der Waals surface area contributed by atoms with E-state index in [4.69, 9.17) is 27.2 Å². The molecule has 5 rings (SSSR count). The molecule has 32 heavy (non-hydrogen) atoms. The fourth-order valence-corrected chi connectivity index (χ4v) is 5.88. The number of aryl methyl sites for hydroxylation is 1. The van der Waals surface area contributed by atoms with Gasteiger partial charge in [-0.05, 0) is 26.8 Å². The van der Waals surface area contributed by atoms with E-state index in [9.17, 15) is 4.79 Å². The SMILES string of the molecule is CCOc1c(C2S[C@]2(C)n2nc(C)c3c(N)ncnc32)cc(Cl)c(F)c1[C@@H]1CNC(=O)C1. The predicted molar refractivity (Wildman–Crippen MR) is 121 cm³/mol. The van der Waals surface area contributed by atoms with Crippen molar-refractivity contribution in [2.75, 3.05) is 18.9 Å². The zero-order chi connectivity index (χ0) is 22.8. The maximum Gasteiger partial charge on any atom is 0.220 e. The molecule has 168 valence electrons. The van der Waals surface area contributed by atoms with Crippen molar-refractivity contribution in [3.63, 3.8) is 0 Å². The Morgan fingerprint density at radius 1 is 1.47 bits per heavy atom. The molecule has 0 saturated carbocycles. The Morgan fingerprint density at radius 3 is 2.94 bits per heavy atom. The summed E-state index contributed by atoms with van der Waals surface area (Å²) >= 11 is 7.97. The second kappa shape index (κ2) is 7.48. The van der Waals surface area contributed by atoms with Gasteiger partial charge in [0, 0.05) is 30.0 Å². The first-order valence-electron chi connectivity index (χ1n) is 10.3. The molecule has 4 heterocycles. The summed E-state index contributed by atoms with van der Waals surface area (Å²) in [5, 5.41) is 8.09. The number of rotatable bonds is 5. The van der Waals surface area contributed by atoms with E-state index >= 15 is 4.39 Å². The van der Waals surface area contributed by atoms with Crippen molar-refractivity contribution in [2.45, 2.75) is 43.2 Å². The van der Waals surface area contributed by atoms with Gasteiger partial charge in [-0.15, -0.1) is 11.8 Å². The van der Waals surface area contributed by atoms with Crippen LogP contribution in [0, 0.1) is 12.7 Å². The lowest BCUT2D eigenvalue weighted by molar-refractivity contribution is -0.119. The Hall–Kier alpha value is -2.59. The van der Waals surface area contributed by atoms with Crippen molar-refractivity contribution < 1.29 is 13.9 Å². The molecule has 2 aliphatic heterocycles. The molecule has 2 saturated heterocycles. The maximum absolute atomic E-state index is 15.2. The lowest BCUT2D eigenvalue weighted by atomic mass is 9.92. The molecule has 11 heteroatoms. The Morgan fingerprint density at radius 2 is 2.25 bits per heavy atom. The van der Waals surface area contributed by atoms with Gasteiger partial charge < -0.3 is 15.8 Å². The highest BCUT2D eigenvalue weighted by Gasteiger charge is 2.57. The summed E-state index contributed by atoms with van der Waals surface area (Å²) in [6.07, 6.45) is 1.62. The minimum atomic E-state index is -0.534. The number of anilines is 1. The van der Waals surface area contributed by atoms with Gasteiger partial charge in [0.05, 0.1) is 28.0 Å². The van der Waals surface area contributed by atoms with Crippen molar-refractivity contribution >= 4 is 46.1 Å². The van der Waals surface area contributed by atoms with Crippen LogP contribution in [0.1, 0.15) is 48.3 Å². The number of carbonyl (C=O) groups excluding carboxylic acids is 1. The van der Waals surface area contributed by atoms with E-state index in [2.05, 4.69) is 15.3 Å². The van der Waals surface area contributed by atoms with Crippen LogP contribution in [0.25, 0.3) is 11.0 Å². The number of nitrogen functional groups attached to an aromatic ring is 1. The number of hydrogen-bond acceptors (Lipinski definition) is 7. The normalized spacial score (nSPS) is 24.7. The summed E-state index contributed by atoms with van der Waals surface area (Å²) in [6, 6.07) is 1.63. The standard InChI is InChI=1S/C21H22ClFN6O2S/c1-4-31-17-11(6-12(22)16(23)15(17)10-5-13(30)25-7-10)18-21(3,32-18)29-20-14(9(2)28-29)19(24)26-8-27-20/h6,8,10,18H,4-5,7H2,1-3H3,(H,25,30)(H2,24,26,27)/t10-,18?,21-/m0/s1. The highest BCUT2D eigenvalue weighted by atomic mass is 35.5. The third kappa shape index (κ3) is 3.11. The van der Waals surface area contributed by atoms with Crippen LogP contribution in [0.2, 0.25) is 5.02 Å². The zero-order valence-electron chi connectivity index (χ0n) is 17.8. The lowest BCUT2D eigenvalue weighted by Crippen LogP contribution is -2.18. The highest BCUT2D eigenvalue weighted by molar-refractivity contribution is 8.07. The van der Waals surface area contributed by atoms with Crippen LogP contribution in [0.3, 0.4) is 0 Å². The number of ether oxygens (including phenoxy) is 1. The van der Waals surface area contributed by atoms with Gasteiger partial charge in [-0.1, -0.05) is 11.6 Å². The van der Waals surface area contributed by atoms with Gasteiger partial charge in [-0.3, -0.25) is 4.79 Å². The molecule has 0 spiro atoms. The first kappa shape index (κ1) is 21.3. The van der Waals surface area contributed by atoms with Crippen LogP contribution < -0.4 is 15.8 Å². The molecule has 2 fully saturated rings. The smallest absolute Gasteiger partial charge is 0.220 e. The van der Waals surface area contributed by atoms with E-state index in [1.54, 1.807) is 17.8 Å². The lowest BCUT2D eigenvalue weighted by Gasteiger charge is -2.21. The maximum atomic E-state index is 15.2. The number of fused-ring (bicyclic) bond motifs is 1. The molecule has 3 atom stereocenters. The number of nitrogens with one attached hydrogen (secondary N) is 1. The van der Waals surface area contributed by atoms with Crippen molar-refractivity contribution in [3.05, 3.63) is 40.1 Å². The molecule has 3 aromatic rings. The van der Waals surface area contributed by atoms with E-state index in [-0.39, 0.29) is 28.5 Å². The number of nitrogens with two attached hydrogens (primary N) is 1. The van der Waals surface area contributed by atoms with Gasteiger partial charge >= 0.3 is 0 Å². The van der Waals surface area contributed by atoms with E-state index in [0.717, 1.165) is 16.6 Å². The quantitative estimate of drug-likeness (QED) is 0.541. The van der Waals surface area contributed by atoms with Gasteiger partial charge in [0.1, 0.15) is 28.6 Å². The summed E-state index contributed by atoms with van der Waals surface area (Å²) in [4.78, 5) is 19.8. The van der Waals surface area contributed by atoms with E-state index in [1.165, 1.54) is 6.33 Å². The van der Waals surface area contributed by atoms with E-state index in [0.29, 0.717) is 35.9 Å². The van der Waals surface area contributed by atoms with Crippen LogP contribution in [0.4, 0.5) is 10.2 Å². The Bertz CT molecular complexity index is 1270. The van der Waals surface area contributed by atoms with Gasteiger partial charge in [0.15, 0.2) is 5.65 Å². The fourth-order valence-electron chi connectivity index (χ4n) is 4.49. The number of carbonyl (C=O) groups is 1. The average molecular weight is 477 g/mol. The van der Waals surface area contributed by atoms with Gasteiger partial charge in [0.2, 0.25) is 5.91 Å². The topological polar surface area (TPSA) is 108 Å².